The van der Waals surface area contributed by atoms with Gasteiger partial charge in [-0.2, -0.15) is 8.42 Å². The van der Waals surface area contributed by atoms with Crippen LogP contribution in [0.3, 0.4) is 0 Å². The van der Waals surface area contributed by atoms with Gasteiger partial charge in [-0.1, -0.05) is 34.1 Å². The van der Waals surface area contributed by atoms with Crippen LogP contribution in [-0.2, 0) is 10.3 Å². The van der Waals surface area contributed by atoms with E-state index in [1.807, 2.05) is 13.8 Å². The van der Waals surface area contributed by atoms with E-state index in [2.05, 4.69) is 18.7 Å². The number of nitrogens with two attached hydrogens (primary N) is 1. The van der Waals surface area contributed by atoms with Crippen molar-refractivity contribution in [1.82, 2.24) is 4.90 Å². The van der Waals surface area contributed by atoms with Crippen molar-refractivity contribution in [2.45, 2.75) is 40.5 Å². The molecule has 0 aliphatic rings. The van der Waals surface area contributed by atoms with Gasteiger partial charge in [0.1, 0.15) is 4.99 Å². The molecule has 0 aliphatic carbocycles. The second-order valence-electron chi connectivity index (χ2n) is 3.19. The average molecular weight is 236 g/mol. The van der Waals surface area contributed by atoms with Gasteiger partial charge in [0.25, 0.3) is 0 Å². The van der Waals surface area contributed by atoms with E-state index in [1.54, 1.807) is 0 Å². The molecule has 0 amide bonds. The van der Waals surface area contributed by atoms with Crippen molar-refractivity contribution in [1.29, 1.82) is 0 Å². The Morgan fingerprint density at radius 1 is 1.13 bits per heavy atom. The molecule has 92 valence electrons. The van der Waals surface area contributed by atoms with E-state index in [1.165, 1.54) is 6.42 Å². The molecule has 0 unspecified atom stereocenters. The van der Waals surface area contributed by atoms with Crippen molar-refractivity contribution in [3.8, 4) is 0 Å². The van der Waals surface area contributed by atoms with Crippen LogP contribution in [0.2, 0.25) is 0 Å². The van der Waals surface area contributed by atoms with E-state index in [-0.39, 0.29) is 4.99 Å². The van der Waals surface area contributed by atoms with Gasteiger partial charge >= 0.3 is 0 Å². The molecule has 0 saturated carbocycles. The lowest BCUT2D eigenvalue weighted by Gasteiger charge is -2.16. The number of nitrogens with zero attached hydrogens (tertiary/aromatic N) is 1. The second-order valence-corrected chi connectivity index (χ2v) is 4.18. The molecule has 0 saturated heterocycles. The first kappa shape index (κ1) is 17.0. The molecule has 0 rings (SSSR count). The Morgan fingerprint density at radius 2 is 1.53 bits per heavy atom. The fourth-order valence-electron chi connectivity index (χ4n) is 0.891. The number of hydrogen-bond donors (Lipinski definition) is 1. The van der Waals surface area contributed by atoms with Gasteiger partial charge in [0, 0.05) is 13.0 Å². The maximum Gasteiger partial charge on any atom is 0.228 e. The van der Waals surface area contributed by atoms with Crippen LogP contribution >= 0.6 is 0 Å². The van der Waals surface area contributed by atoms with Crippen molar-refractivity contribution in [3.05, 3.63) is 0 Å². The summed E-state index contributed by atoms with van der Waals surface area (Å²) in [5.41, 5.74) is 5.25. The molecule has 0 fully saturated rings. The fraction of sp³-hybridized carbons (Fsp3) is 0.900. The highest BCUT2D eigenvalue weighted by molar-refractivity contribution is 7.72. The third-order valence-corrected chi connectivity index (χ3v) is 2.42. The minimum atomic E-state index is -2.21. The normalized spacial score (nSPS) is 9.47. The lowest BCUT2D eigenvalue weighted by Crippen LogP contribution is -2.28. The Labute approximate surface area is 95.0 Å². The van der Waals surface area contributed by atoms with Crippen LogP contribution in [0, 0.1) is 0 Å². The molecule has 0 radical (unpaired) electrons. The Kier molecular flexibility index (Phi) is 13.3. The quantitative estimate of drug-likeness (QED) is 0.726. The van der Waals surface area contributed by atoms with Gasteiger partial charge in [-0.05, 0) is 13.1 Å². The minimum absolute atomic E-state index is 0.0434. The highest BCUT2D eigenvalue weighted by Gasteiger charge is 2.00. The standard InChI is InChI=1S/C7H16N2O2S.C3H8/c1-3-9(4-2)6-5-7(8)12(10)11;1-3-2/h3-6,8H2,1-2H3;3H2,1-2H3. The van der Waals surface area contributed by atoms with Crippen molar-refractivity contribution >= 4 is 15.3 Å². The molecule has 0 heterocycles. The SMILES string of the molecule is CCC.CCN(CC)CCC(N)=S(=O)=O. The summed E-state index contributed by atoms with van der Waals surface area (Å²) in [6, 6.07) is 0. The average Bonchev–Trinajstić information content (AvgIpc) is 2.20. The van der Waals surface area contributed by atoms with Gasteiger partial charge in [-0.15, -0.1) is 0 Å². The van der Waals surface area contributed by atoms with Crippen molar-refractivity contribution in [2.75, 3.05) is 19.6 Å². The van der Waals surface area contributed by atoms with E-state index in [0.29, 0.717) is 13.0 Å². The van der Waals surface area contributed by atoms with E-state index in [9.17, 15) is 8.42 Å². The third kappa shape index (κ3) is 11.5. The molecule has 0 aromatic rings. The molecule has 0 spiro atoms. The third-order valence-electron chi connectivity index (χ3n) is 1.78. The van der Waals surface area contributed by atoms with Crippen molar-refractivity contribution in [3.63, 3.8) is 0 Å². The first-order valence-electron chi connectivity index (χ1n) is 5.46. The molecule has 15 heavy (non-hydrogen) atoms. The summed E-state index contributed by atoms with van der Waals surface area (Å²) in [5, 5.41) is 0. The molecule has 4 nitrogen and oxygen atoms in total. The molecule has 0 aliphatic heterocycles. The molecular formula is C10H24N2O2S. The molecule has 0 aromatic carbocycles. The fourth-order valence-corrected chi connectivity index (χ4v) is 1.15. The summed E-state index contributed by atoms with van der Waals surface area (Å²) in [4.78, 5) is 2.17. The summed E-state index contributed by atoms with van der Waals surface area (Å²) >= 11 is 0. The minimum Gasteiger partial charge on any atom is -0.303 e. The summed E-state index contributed by atoms with van der Waals surface area (Å²) in [6.45, 7) is 10.9. The molecule has 5 heteroatoms. The zero-order valence-electron chi connectivity index (χ0n) is 10.3. The number of rotatable bonds is 5. The topological polar surface area (TPSA) is 63.4 Å². The molecule has 2 N–H and O–H groups in total. The molecular weight excluding hydrogens is 212 g/mol. The first-order chi connectivity index (χ1) is 7.03. The van der Waals surface area contributed by atoms with Crippen LogP contribution in [0.25, 0.3) is 0 Å². The van der Waals surface area contributed by atoms with Crippen LogP contribution in [0.4, 0.5) is 0 Å². The van der Waals surface area contributed by atoms with Crippen molar-refractivity contribution in [2.24, 2.45) is 5.73 Å². The highest BCUT2D eigenvalue weighted by Crippen LogP contribution is 1.89. The maximum absolute atomic E-state index is 10.3. The second kappa shape index (κ2) is 11.7. The van der Waals surface area contributed by atoms with Gasteiger partial charge < -0.3 is 4.90 Å². The molecule has 0 aromatic heterocycles. The van der Waals surface area contributed by atoms with Crippen LogP contribution in [-0.4, -0.2) is 37.9 Å². The van der Waals surface area contributed by atoms with E-state index >= 15 is 0 Å². The zero-order valence-corrected chi connectivity index (χ0v) is 11.1. The smallest absolute Gasteiger partial charge is 0.228 e. The molecule has 0 bridgehead atoms. The Morgan fingerprint density at radius 3 is 1.80 bits per heavy atom. The van der Waals surface area contributed by atoms with Crippen molar-refractivity contribution < 1.29 is 8.42 Å². The van der Waals surface area contributed by atoms with Gasteiger partial charge in [0.05, 0.1) is 0 Å². The Bertz CT molecular complexity index is 249. The van der Waals surface area contributed by atoms with Crippen LogP contribution in [0.15, 0.2) is 0 Å². The maximum atomic E-state index is 10.3. The lowest BCUT2D eigenvalue weighted by molar-refractivity contribution is 0.313. The first-order valence-corrected chi connectivity index (χ1v) is 6.53. The van der Waals surface area contributed by atoms with E-state index < -0.39 is 10.3 Å². The summed E-state index contributed by atoms with van der Waals surface area (Å²) in [5.74, 6) is 0. The van der Waals surface area contributed by atoms with E-state index in [0.717, 1.165) is 13.1 Å². The van der Waals surface area contributed by atoms with Crippen LogP contribution in [0.1, 0.15) is 40.5 Å². The Hall–Kier alpha value is -0.390. The van der Waals surface area contributed by atoms with Gasteiger partial charge in [0.15, 0.2) is 0 Å². The summed E-state index contributed by atoms with van der Waals surface area (Å²) in [7, 11) is -2.21. The van der Waals surface area contributed by atoms with Crippen LogP contribution in [0.5, 0.6) is 0 Å². The number of hydrogen-bond acceptors (Lipinski definition) is 3. The van der Waals surface area contributed by atoms with Gasteiger partial charge in [-0.25, -0.2) is 0 Å². The monoisotopic (exact) mass is 236 g/mol. The largest absolute Gasteiger partial charge is 0.303 e. The predicted molar refractivity (Wildman–Crippen MR) is 66.5 cm³/mol. The Balaban J connectivity index is 0. The van der Waals surface area contributed by atoms with Gasteiger partial charge in [-0.3, -0.25) is 5.73 Å². The highest BCUT2D eigenvalue weighted by atomic mass is 32.2. The molecule has 0 atom stereocenters. The van der Waals surface area contributed by atoms with E-state index in [4.69, 9.17) is 5.73 Å². The van der Waals surface area contributed by atoms with Gasteiger partial charge in [0.2, 0.25) is 10.3 Å². The lowest BCUT2D eigenvalue weighted by atomic mass is 10.4. The van der Waals surface area contributed by atoms with Crippen LogP contribution < -0.4 is 5.73 Å². The summed E-state index contributed by atoms with van der Waals surface area (Å²) < 4.78 is 20.6. The summed E-state index contributed by atoms with van der Waals surface area (Å²) in [6.07, 6.45) is 1.68. The predicted octanol–water partition coefficient (Wildman–Crippen LogP) is 1.10. The zero-order chi connectivity index (χ0) is 12.3.